The summed E-state index contributed by atoms with van der Waals surface area (Å²) < 4.78 is 5.62. The molecular formula is C12H6Cl2N6S2. The smallest absolute Gasteiger partial charge is 0.182 e. The minimum Gasteiger partial charge on any atom is -0.182 e. The van der Waals surface area contributed by atoms with E-state index in [1.807, 2.05) is 6.92 Å². The molecule has 0 saturated carbocycles. The van der Waals surface area contributed by atoms with E-state index in [1.165, 1.54) is 22.9 Å². The van der Waals surface area contributed by atoms with Crippen LogP contribution >= 0.6 is 46.1 Å². The number of aryl methyl sites for hydroxylation is 1. The van der Waals surface area contributed by atoms with E-state index in [-0.39, 0.29) is 0 Å². The second kappa shape index (κ2) is 5.24. The van der Waals surface area contributed by atoms with Crippen molar-refractivity contribution in [3.05, 3.63) is 33.9 Å². The monoisotopic (exact) mass is 368 g/mol. The summed E-state index contributed by atoms with van der Waals surface area (Å²) in [5.74, 6) is 0.594. The molecule has 1 aromatic carbocycles. The molecular weight excluding hydrogens is 363 g/mol. The highest BCUT2D eigenvalue weighted by Gasteiger charge is 2.17. The molecule has 0 radical (unpaired) electrons. The predicted molar refractivity (Wildman–Crippen MR) is 87.8 cm³/mol. The molecule has 0 atom stereocenters. The van der Waals surface area contributed by atoms with Gasteiger partial charge >= 0.3 is 0 Å². The Morgan fingerprint density at radius 1 is 1.05 bits per heavy atom. The van der Waals surface area contributed by atoms with Crippen molar-refractivity contribution in [1.29, 1.82) is 0 Å². The van der Waals surface area contributed by atoms with E-state index < -0.39 is 0 Å². The number of hydrogen-bond acceptors (Lipinski definition) is 7. The Kier molecular flexibility index (Phi) is 3.33. The lowest BCUT2D eigenvalue weighted by molar-refractivity contribution is 0.970. The molecule has 0 N–H and O–H groups in total. The minimum atomic E-state index is 0.539. The van der Waals surface area contributed by atoms with Crippen LogP contribution in [0.2, 0.25) is 10.0 Å². The minimum absolute atomic E-state index is 0.539. The van der Waals surface area contributed by atoms with Gasteiger partial charge in [0, 0.05) is 15.6 Å². The maximum Gasteiger partial charge on any atom is 0.235 e. The fraction of sp³-hybridized carbons (Fsp3) is 0.0833. The van der Waals surface area contributed by atoms with Crippen molar-refractivity contribution in [2.45, 2.75) is 6.92 Å². The van der Waals surface area contributed by atoms with Crippen LogP contribution in [0.15, 0.2) is 18.2 Å². The molecule has 0 fully saturated rings. The van der Waals surface area contributed by atoms with E-state index >= 15 is 0 Å². The predicted octanol–water partition coefficient (Wildman–Crippen LogP) is 3.99. The quantitative estimate of drug-likeness (QED) is 0.535. The summed E-state index contributed by atoms with van der Waals surface area (Å²) in [4.78, 5) is 1.62. The fourth-order valence-corrected chi connectivity index (χ4v) is 4.13. The average Bonchev–Trinajstić information content (AvgIpc) is 3.11. The average molecular weight is 369 g/mol. The highest BCUT2D eigenvalue weighted by Crippen LogP contribution is 2.32. The third-order valence-electron chi connectivity index (χ3n) is 2.96. The molecule has 3 heterocycles. The first-order valence-corrected chi connectivity index (χ1v) is 8.44. The van der Waals surface area contributed by atoms with Gasteiger partial charge in [-0.15, -0.1) is 15.3 Å². The van der Waals surface area contributed by atoms with Crippen molar-refractivity contribution in [2.75, 3.05) is 0 Å². The molecule has 0 aliphatic carbocycles. The van der Waals surface area contributed by atoms with Crippen LogP contribution in [0.3, 0.4) is 0 Å². The summed E-state index contributed by atoms with van der Waals surface area (Å²) in [7, 11) is 0. The van der Waals surface area contributed by atoms with Gasteiger partial charge in [-0.3, -0.25) is 0 Å². The van der Waals surface area contributed by atoms with Crippen molar-refractivity contribution < 1.29 is 0 Å². The van der Waals surface area contributed by atoms with Gasteiger partial charge < -0.3 is 0 Å². The summed E-state index contributed by atoms with van der Waals surface area (Å²) in [6.07, 6.45) is 0. The molecule has 0 bridgehead atoms. The van der Waals surface area contributed by atoms with Crippen LogP contribution in [-0.4, -0.2) is 29.4 Å². The zero-order valence-corrected chi connectivity index (χ0v) is 14.1. The third kappa shape index (κ3) is 2.28. The number of nitrogens with zero attached hydrogens (tertiary/aromatic N) is 6. The summed E-state index contributed by atoms with van der Waals surface area (Å²) in [5.41, 5.74) is 1.61. The molecule has 10 heteroatoms. The van der Waals surface area contributed by atoms with Gasteiger partial charge in [-0.25, -0.2) is 0 Å². The van der Waals surface area contributed by atoms with Crippen LogP contribution in [-0.2, 0) is 0 Å². The molecule has 0 unspecified atom stereocenters. The highest BCUT2D eigenvalue weighted by molar-refractivity contribution is 7.23. The van der Waals surface area contributed by atoms with Gasteiger partial charge in [-0.05, 0) is 36.7 Å². The molecule has 4 aromatic rings. The van der Waals surface area contributed by atoms with E-state index in [1.54, 1.807) is 22.7 Å². The van der Waals surface area contributed by atoms with Gasteiger partial charge in [0.15, 0.2) is 10.8 Å². The summed E-state index contributed by atoms with van der Waals surface area (Å²) in [6, 6.07) is 5.23. The topological polar surface area (TPSA) is 68.9 Å². The van der Waals surface area contributed by atoms with E-state index in [9.17, 15) is 0 Å². The van der Waals surface area contributed by atoms with Crippen molar-refractivity contribution in [3.63, 3.8) is 0 Å². The Balaban J connectivity index is 1.89. The van der Waals surface area contributed by atoms with Crippen molar-refractivity contribution in [2.24, 2.45) is 0 Å². The van der Waals surface area contributed by atoms with Gasteiger partial charge in [0.1, 0.15) is 4.88 Å². The second-order valence-corrected chi connectivity index (χ2v) is 7.05. The van der Waals surface area contributed by atoms with Crippen LogP contribution in [0.1, 0.15) is 5.69 Å². The Morgan fingerprint density at radius 2 is 1.82 bits per heavy atom. The largest absolute Gasteiger partial charge is 0.235 e. The summed E-state index contributed by atoms with van der Waals surface area (Å²) >= 11 is 14.8. The normalized spacial score (nSPS) is 11.4. The number of rotatable bonds is 2. The van der Waals surface area contributed by atoms with Crippen molar-refractivity contribution in [1.82, 2.24) is 29.4 Å². The van der Waals surface area contributed by atoms with Crippen LogP contribution < -0.4 is 0 Å². The molecule has 0 spiro atoms. The van der Waals surface area contributed by atoms with Gasteiger partial charge in [0.25, 0.3) is 0 Å². The maximum atomic E-state index is 6.05. The highest BCUT2D eigenvalue weighted by atomic mass is 35.5. The lowest BCUT2D eigenvalue weighted by Gasteiger charge is -1.99. The number of halogens is 2. The van der Waals surface area contributed by atoms with Gasteiger partial charge in [-0.2, -0.15) is 9.61 Å². The van der Waals surface area contributed by atoms with Crippen molar-refractivity contribution in [3.8, 4) is 21.3 Å². The first kappa shape index (κ1) is 14.0. The van der Waals surface area contributed by atoms with Gasteiger partial charge in [0.05, 0.1) is 5.69 Å². The molecule has 0 aliphatic rings. The first-order valence-electron chi connectivity index (χ1n) is 6.10. The number of hydrogen-bond donors (Lipinski definition) is 0. The fourth-order valence-electron chi connectivity index (χ4n) is 2.00. The second-order valence-electron chi connectivity index (χ2n) is 4.47. The molecule has 0 aliphatic heterocycles. The first-order chi connectivity index (χ1) is 10.6. The molecule has 0 amide bonds. The molecule has 0 saturated heterocycles. The molecule has 110 valence electrons. The number of aromatic nitrogens is 6. The number of benzene rings is 1. The van der Waals surface area contributed by atoms with E-state index in [0.29, 0.717) is 20.8 Å². The van der Waals surface area contributed by atoms with Crippen LogP contribution in [0.5, 0.6) is 0 Å². The van der Waals surface area contributed by atoms with Crippen LogP contribution in [0.25, 0.3) is 26.2 Å². The Morgan fingerprint density at radius 3 is 2.50 bits per heavy atom. The van der Waals surface area contributed by atoms with Gasteiger partial charge in [-0.1, -0.05) is 39.0 Å². The summed E-state index contributed by atoms with van der Waals surface area (Å²) in [6.45, 7) is 1.90. The Bertz CT molecular complexity index is 969. The number of fused-ring (bicyclic) bond motifs is 1. The maximum absolute atomic E-state index is 6.05. The zero-order chi connectivity index (χ0) is 15.3. The molecule has 6 nitrogen and oxygen atoms in total. The third-order valence-corrected chi connectivity index (χ3v) is 5.27. The van der Waals surface area contributed by atoms with Crippen LogP contribution in [0, 0.1) is 6.92 Å². The summed E-state index contributed by atoms with van der Waals surface area (Å²) in [5, 5.41) is 18.8. The molecule has 4 rings (SSSR count). The van der Waals surface area contributed by atoms with Crippen LogP contribution in [0.4, 0.5) is 0 Å². The lowest BCUT2D eigenvalue weighted by atomic mass is 10.2. The van der Waals surface area contributed by atoms with E-state index in [2.05, 4.69) is 24.9 Å². The van der Waals surface area contributed by atoms with Gasteiger partial charge in [0.2, 0.25) is 4.96 Å². The standard InChI is InChI=1S/C12H6Cl2N6S2/c1-5-9(22-19-15-5)11-18-20-10(16-17-12(20)21-11)6-2-7(13)4-8(14)3-6/h2-4H,1H3. The molecule has 22 heavy (non-hydrogen) atoms. The van der Waals surface area contributed by atoms with E-state index in [0.717, 1.165) is 21.1 Å². The SMILES string of the molecule is Cc1nnsc1-c1nn2c(-c3cc(Cl)cc(Cl)c3)nnc2s1. The molecule has 3 aromatic heterocycles. The van der Waals surface area contributed by atoms with Crippen molar-refractivity contribution >= 4 is 51.0 Å². The van der Waals surface area contributed by atoms with E-state index in [4.69, 9.17) is 23.2 Å². The zero-order valence-electron chi connectivity index (χ0n) is 11.0. The lowest BCUT2D eigenvalue weighted by Crippen LogP contribution is -1.91. The Hall–Kier alpha value is -1.61. The Labute approximate surface area is 142 Å².